The summed E-state index contributed by atoms with van der Waals surface area (Å²) in [5.74, 6) is 0. The van der Waals surface area contributed by atoms with E-state index < -0.39 is 0 Å². The van der Waals surface area contributed by atoms with Gasteiger partial charge in [0.05, 0.1) is 4.99 Å². The molecule has 0 aromatic heterocycles. The number of piperazine rings is 1. The lowest BCUT2D eigenvalue weighted by Gasteiger charge is -2.35. The minimum atomic E-state index is 0.601. The van der Waals surface area contributed by atoms with Gasteiger partial charge in [0, 0.05) is 39.3 Å². The zero-order valence-corrected chi connectivity index (χ0v) is 13.6. The standard InChI is InChI=1S/C16H25N3S/c1-12-8-13(2)15(14(3)9-12)10-18-4-6-19(7-5-18)11-16(17)20/h8-9H,4-7,10-11H2,1-3H3,(H2,17,20). The minimum absolute atomic E-state index is 0.601. The molecule has 20 heavy (non-hydrogen) atoms. The predicted octanol–water partition coefficient (Wildman–Crippen LogP) is 2.02. The highest BCUT2D eigenvalue weighted by Gasteiger charge is 2.18. The molecule has 1 heterocycles. The fraction of sp³-hybridized carbons (Fsp3) is 0.562. The molecule has 1 saturated heterocycles. The second kappa shape index (κ2) is 6.66. The van der Waals surface area contributed by atoms with Gasteiger partial charge in [-0.2, -0.15) is 0 Å². The van der Waals surface area contributed by atoms with Crippen molar-refractivity contribution in [2.24, 2.45) is 5.73 Å². The smallest absolute Gasteiger partial charge is 0.0870 e. The molecule has 0 saturated carbocycles. The van der Waals surface area contributed by atoms with E-state index in [0.29, 0.717) is 4.99 Å². The lowest BCUT2D eigenvalue weighted by molar-refractivity contribution is 0.140. The third-order valence-corrected chi connectivity index (χ3v) is 4.20. The van der Waals surface area contributed by atoms with Gasteiger partial charge in [-0.1, -0.05) is 29.9 Å². The van der Waals surface area contributed by atoms with Gasteiger partial charge in [-0.05, 0) is 37.5 Å². The summed E-state index contributed by atoms with van der Waals surface area (Å²) < 4.78 is 0. The van der Waals surface area contributed by atoms with E-state index >= 15 is 0 Å². The molecule has 110 valence electrons. The fourth-order valence-electron chi connectivity index (χ4n) is 3.01. The van der Waals surface area contributed by atoms with E-state index in [0.717, 1.165) is 39.3 Å². The Balaban J connectivity index is 1.94. The van der Waals surface area contributed by atoms with E-state index in [9.17, 15) is 0 Å². The largest absolute Gasteiger partial charge is 0.392 e. The third-order valence-electron chi connectivity index (χ3n) is 4.07. The molecule has 1 aromatic carbocycles. The maximum absolute atomic E-state index is 5.61. The molecule has 4 heteroatoms. The SMILES string of the molecule is Cc1cc(C)c(CN2CCN(CC(N)=S)CC2)c(C)c1. The van der Waals surface area contributed by atoms with E-state index in [1.807, 2.05) is 0 Å². The third kappa shape index (κ3) is 4.01. The number of rotatable bonds is 4. The molecule has 0 atom stereocenters. The highest BCUT2D eigenvalue weighted by molar-refractivity contribution is 7.80. The van der Waals surface area contributed by atoms with Gasteiger partial charge in [-0.25, -0.2) is 0 Å². The van der Waals surface area contributed by atoms with Gasteiger partial charge in [0.1, 0.15) is 0 Å². The van der Waals surface area contributed by atoms with Gasteiger partial charge >= 0.3 is 0 Å². The Kier molecular flexibility index (Phi) is 5.13. The zero-order chi connectivity index (χ0) is 14.7. The van der Waals surface area contributed by atoms with Crippen LogP contribution in [-0.2, 0) is 6.54 Å². The van der Waals surface area contributed by atoms with Crippen LogP contribution in [0.15, 0.2) is 12.1 Å². The van der Waals surface area contributed by atoms with Gasteiger partial charge in [0.15, 0.2) is 0 Å². The van der Waals surface area contributed by atoms with Gasteiger partial charge in [0.25, 0.3) is 0 Å². The maximum atomic E-state index is 5.61. The summed E-state index contributed by atoms with van der Waals surface area (Å²) in [6, 6.07) is 4.57. The van der Waals surface area contributed by atoms with Gasteiger partial charge in [-0.15, -0.1) is 0 Å². The van der Waals surface area contributed by atoms with Crippen molar-refractivity contribution in [3.63, 3.8) is 0 Å². The Morgan fingerprint density at radius 2 is 1.55 bits per heavy atom. The van der Waals surface area contributed by atoms with Crippen molar-refractivity contribution in [3.05, 3.63) is 34.4 Å². The monoisotopic (exact) mass is 291 g/mol. The predicted molar refractivity (Wildman–Crippen MR) is 89.2 cm³/mol. The minimum Gasteiger partial charge on any atom is -0.392 e. The average Bonchev–Trinajstić information content (AvgIpc) is 2.35. The van der Waals surface area contributed by atoms with Crippen molar-refractivity contribution in [2.45, 2.75) is 27.3 Å². The molecule has 0 unspecified atom stereocenters. The maximum Gasteiger partial charge on any atom is 0.0870 e. The van der Waals surface area contributed by atoms with Gasteiger partial charge in [0.2, 0.25) is 0 Å². The molecule has 0 aliphatic carbocycles. The second-order valence-electron chi connectivity index (χ2n) is 5.90. The number of hydrogen-bond acceptors (Lipinski definition) is 3. The number of benzene rings is 1. The van der Waals surface area contributed by atoms with E-state index in [-0.39, 0.29) is 0 Å². The van der Waals surface area contributed by atoms with Crippen LogP contribution in [0, 0.1) is 20.8 Å². The summed E-state index contributed by atoms with van der Waals surface area (Å²) >= 11 is 4.98. The normalized spacial score (nSPS) is 17.4. The van der Waals surface area contributed by atoms with Crippen LogP contribution in [0.5, 0.6) is 0 Å². The lowest BCUT2D eigenvalue weighted by atomic mass is 9.99. The quantitative estimate of drug-likeness (QED) is 0.860. The Labute approximate surface area is 127 Å². The molecule has 0 spiro atoms. The van der Waals surface area contributed by atoms with E-state index in [1.165, 1.54) is 22.3 Å². The fourth-order valence-corrected chi connectivity index (χ4v) is 3.19. The van der Waals surface area contributed by atoms with Crippen LogP contribution in [0.1, 0.15) is 22.3 Å². The summed E-state index contributed by atoms with van der Waals surface area (Å²) in [5.41, 5.74) is 11.3. The Bertz CT molecular complexity index is 467. The van der Waals surface area contributed by atoms with Crippen molar-refractivity contribution in [1.29, 1.82) is 0 Å². The number of nitrogens with zero attached hydrogens (tertiary/aromatic N) is 2. The van der Waals surface area contributed by atoms with Gasteiger partial charge < -0.3 is 5.73 Å². The topological polar surface area (TPSA) is 32.5 Å². The first-order valence-electron chi connectivity index (χ1n) is 7.25. The second-order valence-corrected chi connectivity index (χ2v) is 6.42. The molecule has 2 rings (SSSR count). The Hall–Kier alpha value is -0.970. The molecule has 1 fully saturated rings. The summed E-state index contributed by atoms with van der Waals surface area (Å²) in [7, 11) is 0. The number of thiocarbonyl (C=S) groups is 1. The lowest BCUT2D eigenvalue weighted by Crippen LogP contribution is -2.48. The van der Waals surface area contributed by atoms with Crippen molar-refractivity contribution >= 4 is 17.2 Å². The first-order chi connectivity index (χ1) is 9.45. The van der Waals surface area contributed by atoms with Crippen molar-refractivity contribution in [2.75, 3.05) is 32.7 Å². The Morgan fingerprint density at radius 3 is 2.05 bits per heavy atom. The molecule has 1 aromatic rings. The number of hydrogen-bond donors (Lipinski definition) is 1. The molecular weight excluding hydrogens is 266 g/mol. The highest BCUT2D eigenvalue weighted by atomic mass is 32.1. The van der Waals surface area contributed by atoms with Crippen molar-refractivity contribution in [1.82, 2.24) is 9.80 Å². The summed E-state index contributed by atoms with van der Waals surface area (Å²) in [6.45, 7) is 12.7. The molecule has 1 aliphatic rings. The first kappa shape index (κ1) is 15.4. The van der Waals surface area contributed by atoms with Crippen LogP contribution in [0.25, 0.3) is 0 Å². The van der Waals surface area contributed by atoms with Crippen molar-refractivity contribution < 1.29 is 0 Å². The van der Waals surface area contributed by atoms with Crippen molar-refractivity contribution in [3.8, 4) is 0 Å². The molecule has 1 aliphatic heterocycles. The first-order valence-corrected chi connectivity index (χ1v) is 7.66. The average molecular weight is 291 g/mol. The van der Waals surface area contributed by atoms with Crippen LogP contribution in [-0.4, -0.2) is 47.5 Å². The van der Waals surface area contributed by atoms with E-state index in [2.05, 4.69) is 42.7 Å². The molecule has 0 radical (unpaired) electrons. The Morgan fingerprint density at radius 1 is 1.05 bits per heavy atom. The summed E-state index contributed by atoms with van der Waals surface area (Å²) in [4.78, 5) is 5.47. The molecule has 0 bridgehead atoms. The zero-order valence-electron chi connectivity index (χ0n) is 12.8. The van der Waals surface area contributed by atoms with Crippen LogP contribution in [0.4, 0.5) is 0 Å². The van der Waals surface area contributed by atoms with Crippen LogP contribution >= 0.6 is 12.2 Å². The van der Waals surface area contributed by atoms with Gasteiger partial charge in [-0.3, -0.25) is 9.80 Å². The van der Waals surface area contributed by atoms with E-state index in [4.69, 9.17) is 18.0 Å². The number of nitrogens with two attached hydrogens (primary N) is 1. The van der Waals surface area contributed by atoms with E-state index in [1.54, 1.807) is 0 Å². The molecular formula is C16H25N3S. The highest BCUT2D eigenvalue weighted by Crippen LogP contribution is 2.19. The van der Waals surface area contributed by atoms with Crippen LogP contribution in [0.3, 0.4) is 0 Å². The molecule has 0 amide bonds. The van der Waals surface area contributed by atoms with Crippen LogP contribution in [0.2, 0.25) is 0 Å². The number of aryl methyl sites for hydroxylation is 3. The molecule has 2 N–H and O–H groups in total. The summed E-state index contributed by atoms with van der Waals surface area (Å²) in [6.07, 6.45) is 0. The molecule has 3 nitrogen and oxygen atoms in total. The van der Waals surface area contributed by atoms with Crippen LogP contribution < -0.4 is 5.73 Å². The summed E-state index contributed by atoms with van der Waals surface area (Å²) in [5, 5.41) is 0.